The summed E-state index contributed by atoms with van der Waals surface area (Å²) in [5, 5.41) is 6.46. The highest BCUT2D eigenvalue weighted by molar-refractivity contribution is 6.12. The molecular weight excluding hydrogens is 663 g/mol. The minimum absolute atomic E-state index is 0.580. The second-order valence-corrected chi connectivity index (χ2v) is 13.6. The fourth-order valence-corrected chi connectivity index (χ4v) is 7.61. The molecule has 11 aromatic rings. The predicted octanol–water partition coefficient (Wildman–Crippen LogP) is 13.2. The predicted molar refractivity (Wildman–Crippen MR) is 219 cm³/mol. The molecule has 0 amide bonds. The Balaban J connectivity index is 1.11. The molecule has 0 spiro atoms. The lowest BCUT2D eigenvalue weighted by atomic mass is 9.97. The first-order valence-corrected chi connectivity index (χ1v) is 18.0. The highest BCUT2D eigenvalue weighted by Crippen LogP contribution is 2.41. The van der Waals surface area contributed by atoms with Crippen molar-refractivity contribution in [2.75, 3.05) is 0 Å². The van der Waals surface area contributed by atoms with Gasteiger partial charge in [0.15, 0.2) is 17.5 Å². The molecule has 0 unspecified atom stereocenters. The smallest absolute Gasteiger partial charge is 0.164 e. The lowest BCUT2D eigenvalue weighted by Gasteiger charge is -2.11. The standard InChI is InChI=1S/C49H29N3O2/c1-3-11-30(12-4-1)32-19-20-34-26-36(22-21-33(34)25-32)48-50-47(31-13-5-2-6-14-31)51-49(52-48)37-27-41(46-42(28-37)39-16-8-10-18-44(39)54-46)35-23-24-40-38-15-7-9-17-43(38)53-45(40)29-35/h1-29H. The van der Waals surface area contributed by atoms with Gasteiger partial charge in [-0.3, -0.25) is 0 Å². The van der Waals surface area contributed by atoms with E-state index in [9.17, 15) is 0 Å². The maximum absolute atomic E-state index is 6.58. The third-order valence-corrected chi connectivity index (χ3v) is 10.3. The number of hydrogen-bond donors (Lipinski definition) is 0. The number of fused-ring (bicyclic) bond motifs is 7. The first-order valence-electron chi connectivity index (χ1n) is 18.0. The minimum atomic E-state index is 0.580. The molecule has 5 heteroatoms. The van der Waals surface area contributed by atoms with E-state index in [1.165, 1.54) is 11.1 Å². The molecule has 0 aliphatic carbocycles. The lowest BCUT2D eigenvalue weighted by molar-refractivity contribution is 0.668. The van der Waals surface area contributed by atoms with E-state index in [4.69, 9.17) is 23.8 Å². The van der Waals surface area contributed by atoms with Gasteiger partial charge in [-0.05, 0) is 76.0 Å². The largest absolute Gasteiger partial charge is 0.456 e. The van der Waals surface area contributed by atoms with Crippen LogP contribution in [0.15, 0.2) is 185 Å². The molecule has 11 rings (SSSR count). The molecule has 54 heavy (non-hydrogen) atoms. The van der Waals surface area contributed by atoms with Crippen molar-refractivity contribution in [3.8, 4) is 56.4 Å². The summed E-state index contributed by atoms with van der Waals surface area (Å²) in [4.78, 5) is 15.4. The molecule has 0 atom stereocenters. The molecule has 8 aromatic carbocycles. The van der Waals surface area contributed by atoms with Gasteiger partial charge in [0, 0.05) is 43.8 Å². The Labute approximate surface area is 309 Å². The van der Waals surface area contributed by atoms with E-state index in [1.54, 1.807) is 0 Å². The summed E-state index contributed by atoms with van der Waals surface area (Å²) in [5.41, 5.74) is 10.3. The topological polar surface area (TPSA) is 65.0 Å². The van der Waals surface area contributed by atoms with Crippen LogP contribution in [0.1, 0.15) is 0 Å². The van der Waals surface area contributed by atoms with Crippen LogP contribution in [0, 0.1) is 0 Å². The van der Waals surface area contributed by atoms with Gasteiger partial charge in [0.05, 0.1) is 0 Å². The molecule has 252 valence electrons. The van der Waals surface area contributed by atoms with Crippen LogP contribution in [0.25, 0.3) is 111 Å². The zero-order valence-corrected chi connectivity index (χ0v) is 28.9. The van der Waals surface area contributed by atoms with Gasteiger partial charge in [-0.15, -0.1) is 0 Å². The van der Waals surface area contributed by atoms with Crippen molar-refractivity contribution in [3.63, 3.8) is 0 Å². The number of nitrogens with zero attached hydrogens (tertiary/aromatic N) is 3. The van der Waals surface area contributed by atoms with Crippen LogP contribution in [0.4, 0.5) is 0 Å². The summed E-state index contributed by atoms with van der Waals surface area (Å²) in [6.45, 7) is 0. The Morgan fingerprint density at radius 3 is 1.57 bits per heavy atom. The quantitative estimate of drug-likeness (QED) is 0.180. The molecule has 0 saturated heterocycles. The van der Waals surface area contributed by atoms with E-state index >= 15 is 0 Å². The number of benzene rings is 8. The highest BCUT2D eigenvalue weighted by Gasteiger charge is 2.19. The van der Waals surface area contributed by atoms with Gasteiger partial charge in [-0.2, -0.15) is 0 Å². The number of para-hydroxylation sites is 2. The monoisotopic (exact) mass is 691 g/mol. The molecule has 0 N–H and O–H groups in total. The molecular formula is C49H29N3O2. The third-order valence-electron chi connectivity index (χ3n) is 10.3. The number of furan rings is 2. The molecule has 0 aliphatic heterocycles. The van der Waals surface area contributed by atoms with Crippen LogP contribution in [0.2, 0.25) is 0 Å². The normalized spacial score (nSPS) is 11.7. The first-order chi connectivity index (χ1) is 26.7. The lowest BCUT2D eigenvalue weighted by Crippen LogP contribution is -2.00. The molecule has 3 heterocycles. The number of aromatic nitrogens is 3. The van der Waals surface area contributed by atoms with Crippen LogP contribution < -0.4 is 0 Å². The Kier molecular flexibility index (Phi) is 6.79. The first kappa shape index (κ1) is 30.3. The molecule has 0 fully saturated rings. The van der Waals surface area contributed by atoms with Gasteiger partial charge in [-0.1, -0.05) is 127 Å². The van der Waals surface area contributed by atoms with Crippen molar-refractivity contribution in [1.29, 1.82) is 0 Å². The van der Waals surface area contributed by atoms with E-state index in [-0.39, 0.29) is 0 Å². The summed E-state index contributed by atoms with van der Waals surface area (Å²) in [6, 6.07) is 60.5. The van der Waals surface area contributed by atoms with Crippen LogP contribution >= 0.6 is 0 Å². The van der Waals surface area contributed by atoms with E-state index in [0.717, 1.165) is 82.5 Å². The van der Waals surface area contributed by atoms with Gasteiger partial charge in [-0.25, -0.2) is 15.0 Å². The molecule has 0 radical (unpaired) electrons. The van der Waals surface area contributed by atoms with Crippen molar-refractivity contribution in [1.82, 2.24) is 15.0 Å². The Bertz CT molecular complexity index is 3220. The maximum Gasteiger partial charge on any atom is 0.164 e. The summed E-state index contributed by atoms with van der Waals surface area (Å²) in [7, 11) is 0. The summed E-state index contributed by atoms with van der Waals surface area (Å²) in [6.07, 6.45) is 0. The van der Waals surface area contributed by atoms with Crippen molar-refractivity contribution in [2.45, 2.75) is 0 Å². The molecule has 3 aromatic heterocycles. The van der Waals surface area contributed by atoms with Crippen molar-refractivity contribution in [2.24, 2.45) is 0 Å². The van der Waals surface area contributed by atoms with Crippen molar-refractivity contribution in [3.05, 3.63) is 176 Å². The van der Waals surface area contributed by atoms with Gasteiger partial charge < -0.3 is 8.83 Å². The van der Waals surface area contributed by atoms with E-state index in [1.807, 2.05) is 72.8 Å². The van der Waals surface area contributed by atoms with Crippen molar-refractivity contribution < 1.29 is 8.83 Å². The summed E-state index contributed by atoms with van der Waals surface area (Å²) < 4.78 is 12.9. The zero-order chi connectivity index (χ0) is 35.6. The van der Waals surface area contributed by atoms with Gasteiger partial charge in [0.25, 0.3) is 0 Å². The zero-order valence-electron chi connectivity index (χ0n) is 28.9. The molecule has 5 nitrogen and oxygen atoms in total. The van der Waals surface area contributed by atoms with Gasteiger partial charge >= 0.3 is 0 Å². The Morgan fingerprint density at radius 2 is 0.833 bits per heavy atom. The van der Waals surface area contributed by atoms with Crippen LogP contribution in [0.5, 0.6) is 0 Å². The van der Waals surface area contributed by atoms with Gasteiger partial charge in [0.1, 0.15) is 22.3 Å². The fraction of sp³-hybridized carbons (Fsp3) is 0. The second-order valence-electron chi connectivity index (χ2n) is 13.6. The maximum atomic E-state index is 6.58. The third kappa shape index (κ3) is 5.06. The molecule has 0 bridgehead atoms. The Morgan fingerprint density at radius 1 is 0.296 bits per heavy atom. The average Bonchev–Trinajstić information content (AvgIpc) is 3.81. The minimum Gasteiger partial charge on any atom is -0.456 e. The molecule has 0 saturated carbocycles. The average molecular weight is 692 g/mol. The van der Waals surface area contributed by atoms with E-state index < -0.39 is 0 Å². The summed E-state index contributed by atoms with van der Waals surface area (Å²) >= 11 is 0. The van der Waals surface area contributed by atoms with E-state index in [2.05, 4.69) is 103 Å². The van der Waals surface area contributed by atoms with Crippen LogP contribution in [-0.2, 0) is 0 Å². The van der Waals surface area contributed by atoms with E-state index in [0.29, 0.717) is 17.5 Å². The van der Waals surface area contributed by atoms with Crippen molar-refractivity contribution >= 4 is 54.6 Å². The number of rotatable bonds is 5. The fourth-order valence-electron chi connectivity index (χ4n) is 7.61. The second kappa shape index (κ2) is 12.1. The summed E-state index contributed by atoms with van der Waals surface area (Å²) in [5.74, 6) is 1.80. The SMILES string of the molecule is c1ccc(-c2ccc3cc(-c4nc(-c5ccccc5)nc(-c5cc(-c6ccc7c(c6)oc6ccccc67)c6oc7ccccc7c6c5)n4)ccc3c2)cc1. The number of hydrogen-bond acceptors (Lipinski definition) is 5. The van der Waals surface area contributed by atoms with Crippen LogP contribution in [0.3, 0.4) is 0 Å². The van der Waals surface area contributed by atoms with Crippen LogP contribution in [-0.4, -0.2) is 15.0 Å². The Hall–Kier alpha value is -7.37. The van der Waals surface area contributed by atoms with Gasteiger partial charge in [0.2, 0.25) is 0 Å². The molecule has 0 aliphatic rings. The highest BCUT2D eigenvalue weighted by atomic mass is 16.3.